The molecule has 1 aromatic heterocycles. The van der Waals surface area contributed by atoms with E-state index in [1.54, 1.807) is 12.4 Å². The van der Waals surface area contributed by atoms with Gasteiger partial charge in [0.2, 0.25) is 5.91 Å². The van der Waals surface area contributed by atoms with Gasteiger partial charge in [0.05, 0.1) is 54.2 Å². The van der Waals surface area contributed by atoms with Crippen LogP contribution in [0, 0.1) is 17.2 Å². The molecule has 2 atom stereocenters. The summed E-state index contributed by atoms with van der Waals surface area (Å²) in [6, 6.07) is 6.79. The monoisotopic (exact) mass is 396 g/mol. The summed E-state index contributed by atoms with van der Waals surface area (Å²) in [7, 11) is 0. The Balaban J connectivity index is 1.39. The lowest BCUT2D eigenvalue weighted by atomic mass is 9.71. The summed E-state index contributed by atoms with van der Waals surface area (Å²) in [6.45, 7) is 5.49. The Morgan fingerprint density at radius 3 is 2.69 bits per heavy atom. The predicted octanol–water partition coefficient (Wildman–Crippen LogP) is 1.65. The molecule has 0 aromatic carbocycles. The first-order valence-electron chi connectivity index (χ1n) is 10.4. The topological polar surface area (TPSA) is 103 Å². The maximum atomic E-state index is 12.4. The van der Waals surface area contributed by atoms with Gasteiger partial charge in [0.1, 0.15) is 0 Å². The molecule has 1 aromatic rings. The highest BCUT2D eigenvalue weighted by molar-refractivity contribution is 6.02. The molecule has 1 aliphatic carbocycles. The summed E-state index contributed by atoms with van der Waals surface area (Å²) in [4.78, 5) is 19.4. The van der Waals surface area contributed by atoms with Crippen LogP contribution >= 0.6 is 0 Å². The van der Waals surface area contributed by atoms with Crippen molar-refractivity contribution in [2.75, 3.05) is 31.6 Å². The van der Waals surface area contributed by atoms with Crippen LogP contribution in [0.1, 0.15) is 38.3 Å². The Morgan fingerprint density at radius 1 is 1.34 bits per heavy atom. The number of nitrogens with one attached hydrogen (secondary N) is 2. The van der Waals surface area contributed by atoms with Crippen molar-refractivity contribution < 1.29 is 9.53 Å². The highest BCUT2D eigenvalue weighted by Gasteiger charge is 2.40. The molecule has 8 heteroatoms. The maximum absolute atomic E-state index is 12.4. The molecule has 154 valence electrons. The normalized spacial score (nSPS) is 32.3. The van der Waals surface area contributed by atoms with E-state index in [1.165, 1.54) is 0 Å². The van der Waals surface area contributed by atoms with Crippen molar-refractivity contribution in [2.45, 2.75) is 50.1 Å². The molecule has 29 heavy (non-hydrogen) atoms. The molecule has 1 saturated carbocycles. The van der Waals surface area contributed by atoms with E-state index < -0.39 is 5.41 Å². The number of hydrogen-bond donors (Lipinski definition) is 2. The lowest BCUT2D eigenvalue weighted by Crippen LogP contribution is -2.47. The second-order valence-corrected chi connectivity index (χ2v) is 8.22. The van der Waals surface area contributed by atoms with Gasteiger partial charge in [-0.25, -0.2) is 0 Å². The van der Waals surface area contributed by atoms with Crippen molar-refractivity contribution in [1.82, 2.24) is 15.3 Å². The number of nitrogens with zero attached hydrogens (tertiary/aromatic N) is 4. The Kier molecular flexibility index (Phi) is 5.79. The molecule has 3 heterocycles. The molecule has 0 spiro atoms. The van der Waals surface area contributed by atoms with E-state index in [2.05, 4.69) is 31.8 Å². The second-order valence-electron chi connectivity index (χ2n) is 8.22. The van der Waals surface area contributed by atoms with Gasteiger partial charge in [-0.05, 0) is 44.7 Å². The van der Waals surface area contributed by atoms with Gasteiger partial charge >= 0.3 is 0 Å². The highest BCUT2D eigenvalue weighted by Crippen LogP contribution is 2.40. The van der Waals surface area contributed by atoms with Gasteiger partial charge in [0, 0.05) is 25.3 Å². The smallest absolute Gasteiger partial charge is 0.235 e. The number of carbonyl (C=O) groups excluding carboxylic acids is 1. The Labute approximate surface area is 171 Å². The molecule has 2 aliphatic heterocycles. The molecule has 1 saturated heterocycles. The number of ether oxygens (including phenoxy) is 1. The predicted molar refractivity (Wildman–Crippen MR) is 109 cm³/mol. The summed E-state index contributed by atoms with van der Waals surface area (Å²) in [5.74, 6) is -0.405. The van der Waals surface area contributed by atoms with Crippen molar-refractivity contribution in [2.24, 2.45) is 11.0 Å². The summed E-state index contributed by atoms with van der Waals surface area (Å²) in [6.07, 6.45) is 6.90. The van der Waals surface area contributed by atoms with Crippen LogP contribution in [0.25, 0.3) is 0 Å². The van der Waals surface area contributed by atoms with Crippen LogP contribution in [0.15, 0.2) is 23.4 Å². The van der Waals surface area contributed by atoms with Gasteiger partial charge in [0.25, 0.3) is 0 Å². The van der Waals surface area contributed by atoms with Crippen LogP contribution in [0.3, 0.4) is 0 Å². The van der Waals surface area contributed by atoms with Gasteiger partial charge < -0.3 is 15.5 Å². The number of anilines is 1. The summed E-state index contributed by atoms with van der Waals surface area (Å²) >= 11 is 0. The van der Waals surface area contributed by atoms with Crippen molar-refractivity contribution in [3.8, 4) is 6.07 Å². The molecule has 2 fully saturated rings. The fourth-order valence-electron chi connectivity index (χ4n) is 4.55. The summed E-state index contributed by atoms with van der Waals surface area (Å²) in [5.41, 5.74) is 3.78. The Bertz CT molecular complexity index is 788. The van der Waals surface area contributed by atoms with E-state index >= 15 is 0 Å². The largest absolute Gasteiger partial charge is 0.379 e. The molecule has 2 N–H and O–H groups in total. The summed E-state index contributed by atoms with van der Waals surface area (Å²) in [5, 5.41) is 16.8. The standard InChI is InChI=1S/C21H28N6O2/c1-15-18(13-24-26-15)20(28)25-16-2-3-19(23-12-16)21(14-22)6-4-17(5-7-21)27-8-10-29-11-9-27/h2-3,12-13,15,17-18,26H,4-11H2,1H3,(H,25,28). The van der Waals surface area contributed by atoms with Crippen LogP contribution in [0.4, 0.5) is 5.69 Å². The van der Waals surface area contributed by atoms with Gasteiger partial charge in [-0.3, -0.25) is 14.7 Å². The van der Waals surface area contributed by atoms with Gasteiger partial charge in [0.15, 0.2) is 0 Å². The molecule has 0 bridgehead atoms. The van der Waals surface area contributed by atoms with Gasteiger partial charge in [-0.1, -0.05) is 0 Å². The number of nitriles is 1. The van der Waals surface area contributed by atoms with Crippen LogP contribution in [-0.2, 0) is 14.9 Å². The molecular formula is C21H28N6O2. The number of amides is 1. The minimum absolute atomic E-state index is 0.0225. The third kappa shape index (κ3) is 4.11. The van der Waals surface area contributed by atoms with Crippen molar-refractivity contribution in [3.63, 3.8) is 0 Å². The number of rotatable bonds is 4. The van der Waals surface area contributed by atoms with Gasteiger partial charge in [-0.15, -0.1) is 0 Å². The number of pyridine rings is 1. The van der Waals surface area contributed by atoms with E-state index in [1.807, 2.05) is 19.1 Å². The first-order chi connectivity index (χ1) is 14.1. The van der Waals surface area contributed by atoms with Gasteiger partial charge in [-0.2, -0.15) is 10.4 Å². The number of morpholine rings is 1. The lowest BCUT2D eigenvalue weighted by Gasteiger charge is -2.41. The summed E-state index contributed by atoms with van der Waals surface area (Å²) < 4.78 is 5.45. The zero-order valence-electron chi connectivity index (χ0n) is 16.8. The van der Waals surface area contributed by atoms with Crippen LogP contribution in [0.2, 0.25) is 0 Å². The molecule has 4 rings (SSSR count). The molecule has 3 aliphatic rings. The lowest BCUT2D eigenvalue weighted by molar-refractivity contribution is -0.118. The van der Waals surface area contributed by atoms with E-state index in [0.717, 1.165) is 57.7 Å². The van der Waals surface area contributed by atoms with E-state index in [0.29, 0.717) is 11.7 Å². The average molecular weight is 396 g/mol. The van der Waals surface area contributed by atoms with E-state index in [4.69, 9.17) is 4.74 Å². The Hall–Kier alpha value is -2.50. The zero-order chi connectivity index (χ0) is 20.3. The second kappa shape index (κ2) is 8.47. The molecule has 8 nitrogen and oxygen atoms in total. The minimum Gasteiger partial charge on any atom is -0.379 e. The third-order valence-corrected chi connectivity index (χ3v) is 6.46. The van der Waals surface area contributed by atoms with E-state index in [-0.39, 0.29) is 17.9 Å². The first kappa shape index (κ1) is 19.8. The maximum Gasteiger partial charge on any atom is 0.235 e. The van der Waals surface area contributed by atoms with Crippen molar-refractivity contribution in [3.05, 3.63) is 24.0 Å². The fraction of sp³-hybridized carbons (Fsp3) is 0.619. The molecular weight excluding hydrogens is 368 g/mol. The first-order valence-corrected chi connectivity index (χ1v) is 10.4. The fourth-order valence-corrected chi connectivity index (χ4v) is 4.55. The number of carbonyl (C=O) groups is 1. The average Bonchev–Trinajstić information content (AvgIpc) is 3.21. The molecule has 2 unspecified atom stereocenters. The number of hydrogen-bond acceptors (Lipinski definition) is 7. The zero-order valence-corrected chi connectivity index (χ0v) is 16.8. The van der Waals surface area contributed by atoms with Crippen molar-refractivity contribution >= 4 is 17.8 Å². The molecule has 0 radical (unpaired) electrons. The molecule has 1 amide bonds. The van der Waals surface area contributed by atoms with Crippen LogP contribution in [-0.4, -0.2) is 60.4 Å². The van der Waals surface area contributed by atoms with Crippen LogP contribution in [0.5, 0.6) is 0 Å². The van der Waals surface area contributed by atoms with Crippen molar-refractivity contribution in [1.29, 1.82) is 5.26 Å². The quantitative estimate of drug-likeness (QED) is 0.802. The number of aromatic nitrogens is 1. The number of hydrazone groups is 1. The Morgan fingerprint density at radius 2 is 2.10 bits per heavy atom. The third-order valence-electron chi connectivity index (χ3n) is 6.46. The highest BCUT2D eigenvalue weighted by atomic mass is 16.5. The SMILES string of the molecule is CC1NN=CC1C(=O)Nc1ccc(C2(C#N)CCC(N3CCOCC3)CC2)nc1. The minimum atomic E-state index is -0.540. The van der Waals surface area contributed by atoms with Crippen LogP contribution < -0.4 is 10.7 Å². The van der Waals surface area contributed by atoms with E-state index in [9.17, 15) is 10.1 Å².